The van der Waals surface area contributed by atoms with E-state index in [0.29, 0.717) is 6.04 Å². The molecule has 6 heteroatoms. The van der Waals surface area contributed by atoms with Crippen molar-refractivity contribution in [1.29, 1.82) is 0 Å². The van der Waals surface area contributed by atoms with E-state index in [9.17, 15) is 4.79 Å². The monoisotopic (exact) mass is 322 g/mol. The van der Waals surface area contributed by atoms with Crippen molar-refractivity contribution in [2.75, 3.05) is 65.5 Å². The van der Waals surface area contributed by atoms with Crippen LogP contribution in [-0.4, -0.2) is 103 Å². The van der Waals surface area contributed by atoms with Gasteiger partial charge in [-0.25, -0.2) is 4.79 Å². The number of amides is 2. The van der Waals surface area contributed by atoms with Crippen LogP contribution in [0.2, 0.25) is 0 Å². The number of carbonyl (C=O) groups excluding carboxylic acids is 1. The molecule has 0 aliphatic carbocycles. The van der Waals surface area contributed by atoms with E-state index in [-0.39, 0.29) is 12.1 Å². The third kappa shape index (κ3) is 3.35. The molecule has 0 radical (unpaired) electrons. The molecule has 0 aromatic heterocycles. The maximum Gasteiger partial charge on any atom is 0.320 e. The van der Waals surface area contributed by atoms with Crippen LogP contribution < -0.4 is 0 Å². The molecule has 4 heterocycles. The minimum atomic E-state index is 0.217. The van der Waals surface area contributed by atoms with Gasteiger partial charge in [0.15, 0.2) is 0 Å². The number of ether oxygens (including phenoxy) is 1. The molecule has 23 heavy (non-hydrogen) atoms. The molecule has 4 saturated heterocycles. The first-order valence-corrected chi connectivity index (χ1v) is 9.43. The van der Waals surface area contributed by atoms with Gasteiger partial charge in [-0.05, 0) is 38.8 Å². The Morgan fingerprint density at radius 1 is 0.870 bits per heavy atom. The Morgan fingerprint density at radius 2 is 1.61 bits per heavy atom. The maximum atomic E-state index is 12.6. The van der Waals surface area contributed by atoms with Gasteiger partial charge in [0.2, 0.25) is 0 Å². The quantitative estimate of drug-likeness (QED) is 0.766. The van der Waals surface area contributed by atoms with Crippen molar-refractivity contribution >= 4 is 6.03 Å². The average Bonchev–Trinajstić information content (AvgIpc) is 3.33. The molecule has 4 aliphatic rings. The molecular formula is C17H30N4O2. The molecule has 0 N–H and O–H groups in total. The summed E-state index contributed by atoms with van der Waals surface area (Å²) in [5.41, 5.74) is 0. The number of likely N-dealkylation sites (tertiary alicyclic amines) is 3. The molecule has 4 rings (SSSR count). The van der Waals surface area contributed by atoms with Gasteiger partial charge in [0.05, 0.1) is 25.3 Å². The molecule has 2 atom stereocenters. The van der Waals surface area contributed by atoms with E-state index in [0.717, 1.165) is 58.7 Å². The van der Waals surface area contributed by atoms with Crippen LogP contribution >= 0.6 is 0 Å². The summed E-state index contributed by atoms with van der Waals surface area (Å²) in [4.78, 5) is 21.8. The fourth-order valence-electron chi connectivity index (χ4n) is 4.58. The zero-order chi connectivity index (χ0) is 15.6. The minimum absolute atomic E-state index is 0.217. The fraction of sp³-hybridized carbons (Fsp3) is 0.941. The number of morpholine rings is 1. The second kappa shape index (κ2) is 6.95. The topological polar surface area (TPSA) is 39.3 Å². The molecule has 0 spiro atoms. The van der Waals surface area contributed by atoms with Crippen molar-refractivity contribution in [3.05, 3.63) is 0 Å². The highest BCUT2D eigenvalue weighted by molar-refractivity contribution is 5.75. The molecule has 4 fully saturated rings. The summed E-state index contributed by atoms with van der Waals surface area (Å²) in [5.74, 6) is 0. The molecule has 0 unspecified atom stereocenters. The number of nitrogens with zero attached hydrogens (tertiary/aromatic N) is 4. The van der Waals surface area contributed by atoms with Gasteiger partial charge in [0.1, 0.15) is 0 Å². The normalized spacial score (nSPS) is 32.7. The van der Waals surface area contributed by atoms with Crippen molar-refractivity contribution < 1.29 is 9.53 Å². The predicted molar refractivity (Wildman–Crippen MR) is 88.6 cm³/mol. The minimum Gasteiger partial charge on any atom is -0.373 e. The molecule has 0 aromatic carbocycles. The third-order valence-electron chi connectivity index (χ3n) is 5.97. The Hall–Kier alpha value is -0.850. The number of urea groups is 1. The number of rotatable bonds is 3. The van der Waals surface area contributed by atoms with Crippen molar-refractivity contribution in [2.45, 2.75) is 37.8 Å². The molecule has 0 aromatic rings. The van der Waals surface area contributed by atoms with E-state index < -0.39 is 0 Å². The second-order valence-corrected chi connectivity index (χ2v) is 7.44. The average molecular weight is 322 g/mol. The second-order valence-electron chi connectivity index (χ2n) is 7.44. The summed E-state index contributed by atoms with van der Waals surface area (Å²) in [7, 11) is 0. The molecule has 6 nitrogen and oxygen atoms in total. The van der Waals surface area contributed by atoms with Gasteiger partial charge in [0.25, 0.3) is 0 Å². The SMILES string of the molecule is O=C(N1CCCC1)N1C[C@@H]2OCCN(CCN3CCCC3)[C@@H]2C1. The van der Waals surface area contributed by atoms with Gasteiger partial charge in [-0.3, -0.25) is 4.90 Å². The van der Waals surface area contributed by atoms with Gasteiger partial charge >= 0.3 is 6.03 Å². The standard InChI is InChI=1S/C17H30N4O2/c22-17(20-7-3-4-8-20)21-13-15-16(14-21)23-12-11-19(15)10-9-18-5-1-2-6-18/h15-16H,1-14H2/t15-,16+/m1/s1. The number of carbonyl (C=O) groups is 1. The van der Waals surface area contributed by atoms with E-state index >= 15 is 0 Å². The van der Waals surface area contributed by atoms with E-state index in [2.05, 4.69) is 9.80 Å². The Kier molecular flexibility index (Phi) is 4.73. The lowest BCUT2D eigenvalue weighted by Gasteiger charge is -2.37. The van der Waals surface area contributed by atoms with Gasteiger partial charge in [-0.1, -0.05) is 0 Å². The van der Waals surface area contributed by atoms with E-state index in [4.69, 9.17) is 4.74 Å². The molecule has 0 saturated carbocycles. The van der Waals surface area contributed by atoms with E-state index in [1.807, 2.05) is 9.80 Å². The molecule has 4 aliphatic heterocycles. The number of hydrogen-bond donors (Lipinski definition) is 0. The smallest absolute Gasteiger partial charge is 0.320 e. The largest absolute Gasteiger partial charge is 0.373 e. The van der Waals surface area contributed by atoms with Crippen molar-refractivity contribution in [3.8, 4) is 0 Å². The predicted octanol–water partition coefficient (Wildman–Crippen LogP) is 0.683. The molecule has 130 valence electrons. The lowest BCUT2D eigenvalue weighted by molar-refractivity contribution is -0.0487. The Morgan fingerprint density at radius 3 is 2.39 bits per heavy atom. The first-order chi connectivity index (χ1) is 11.3. The fourth-order valence-corrected chi connectivity index (χ4v) is 4.58. The summed E-state index contributed by atoms with van der Waals surface area (Å²) < 4.78 is 5.98. The first-order valence-electron chi connectivity index (χ1n) is 9.43. The Balaban J connectivity index is 1.33. The molecule has 0 bridgehead atoms. The number of hydrogen-bond acceptors (Lipinski definition) is 4. The van der Waals surface area contributed by atoms with Crippen molar-refractivity contribution in [3.63, 3.8) is 0 Å². The summed E-state index contributed by atoms with van der Waals surface area (Å²) in [6, 6.07) is 0.637. The third-order valence-corrected chi connectivity index (χ3v) is 5.97. The Bertz CT molecular complexity index is 421. The summed E-state index contributed by atoms with van der Waals surface area (Å²) in [6.07, 6.45) is 5.24. The van der Waals surface area contributed by atoms with Crippen LogP contribution in [0.5, 0.6) is 0 Å². The lowest BCUT2D eigenvalue weighted by Crippen LogP contribution is -2.52. The van der Waals surface area contributed by atoms with E-state index in [1.54, 1.807) is 0 Å². The van der Waals surface area contributed by atoms with Gasteiger partial charge < -0.3 is 19.4 Å². The van der Waals surface area contributed by atoms with Crippen LogP contribution in [0, 0.1) is 0 Å². The van der Waals surface area contributed by atoms with Crippen LogP contribution in [0.1, 0.15) is 25.7 Å². The highest BCUT2D eigenvalue weighted by Gasteiger charge is 2.42. The summed E-state index contributed by atoms with van der Waals surface area (Å²) in [5, 5.41) is 0. The van der Waals surface area contributed by atoms with Crippen LogP contribution in [0.4, 0.5) is 4.79 Å². The van der Waals surface area contributed by atoms with Crippen LogP contribution in [-0.2, 0) is 4.74 Å². The first kappa shape index (κ1) is 15.7. The van der Waals surface area contributed by atoms with Crippen LogP contribution in [0.25, 0.3) is 0 Å². The van der Waals surface area contributed by atoms with Crippen LogP contribution in [0.15, 0.2) is 0 Å². The number of fused-ring (bicyclic) bond motifs is 1. The lowest BCUT2D eigenvalue weighted by atomic mass is 10.1. The zero-order valence-electron chi connectivity index (χ0n) is 14.2. The van der Waals surface area contributed by atoms with Crippen molar-refractivity contribution in [1.82, 2.24) is 19.6 Å². The Labute approximate surface area is 139 Å². The molecule has 2 amide bonds. The van der Waals surface area contributed by atoms with E-state index in [1.165, 1.54) is 32.5 Å². The van der Waals surface area contributed by atoms with Gasteiger partial charge in [-0.2, -0.15) is 0 Å². The zero-order valence-corrected chi connectivity index (χ0v) is 14.2. The maximum absolute atomic E-state index is 12.6. The molecular weight excluding hydrogens is 292 g/mol. The summed E-state index contributed by atoms with van der Waals surface area (Å²) in [6.45, 7) is 10.1. The highest BCUT2D eigenvalue weighted by atomic mass is 16.5. The van der Waals surface area contributed by atoms with Crippen LogP contribution in [0.3, 0.4) is 0 Å². The highest BCUT2D eigenvalue weighted by Crippen LogP contribution is 2.25. The summed E-state index contributed by atoms with van der Waals surface area (Å²) >= 11 is 0. The van der Waals surface area contributed by atoms with Gasteiger partial charge in [0, 0.05) is 39.3 Å². The van der Waals surface area contributed by atoms with Crippen molar-refractivity contribution in [2.24, 2.45) is 0 Å². The van der Waals surface area contributed by atoms with Gasteiger partial charge in [-0.15, -0.1) is 0 Å².